The van der Waals surface area contributed by atoms with Gasteiger partial charge in [0.15, 0.2) is 0 Å². The van der Waals surface area contributed by atoms with Crippen molar-refractivity contribution in [3.8, 4) is 0 Å². The third-order valence-corrected chi connectivity index (χ3v) is 5.59. The van der Waals surface area contributed by atoms with Gasteiger partial charge in [-0.2, -0.15) is 4.31 Å². The van der Waals surface area contributed by atoms with Gasteiger partial charge in [0.05, 0.1) is 16.8 Å². The average Bonchev–Trinajstić information content (AvgIpc) is 2.42. The van der Waals surface area contributed by atoms with Crippen molar-refractivity contribution in [1.29, 1.82) is 0 Å². The van der Waals surface area contributed by atoms with Crippen molar-refractivity contribution in [3.05, 3.63) is 39.9 Å². The number of sulfonamides is 1. The zero-order chi connectivity index (χ0) is 15.6. The second kappa shape index (κ2) is 6.08. The number of rotatable bonds is 4. The molecule has 0 saturated carbocycles. The number of benzene rings is 1. The van der Waals surface area contributed by atoms with Crippen LogP contribution in [-0.2, 0) is 15.8 Å². The smallest absolute Gasteiger partial charge is 0.269 e. The van der Waals surface area contributed by atoms with Gasteiger partial charge in [0.25, 0.3) is 5.69 Å². The highest BCUT2D eigenvalue weighted by atomic mass is 32.2. The van der Waals surface area contributed by atoms with E-state index in [2.05, 4.69) is 0 Å². The first kappa shape index (κ1) is 15.9. The summed E-state index contributed by atoms with van der Waals surface area (Å²) in [6, 6.07) is 5.47. The van der Waals surface area contributed by atoms with E-state index in [1.54, 1.807) is 0 Å². The van der Waals surface area contributed by atoms with Crippen LogP contribution >= 0.6 is 0 Å². The molecule has 21 heavy (non-hydrogen) atoms. The quantitative estimate of drug-likeness (QED) is 0.663. The van der Waals surface area contributed by atoms with E-state index in [4.69, 9.17) is 0 Å². The number of nitro groups is 1. The Bertz CT molecular complexity index is 614. The average molecular weight is 314 g/mol. The van der Waals surface area contributed by atoms with Crippen LogP contribution in [0.1, 0.15) is 18.9 Å². The highest BCUT2D eigenvalue weighted by Crippen LogP contribution is 2.22. The van der Waals surface area contributed by atoms with Crippen molar-refractivity contribution in [3.63, 3.8) is 0 Å². The first-order valence-electron chi connectivity index (χ1n) is 6.69. The fourth-order valence-electron chi connectivity index (χ4n) is 2.29. The molecule has 1 fully saturated rings. The lowest BCUT2D eigenvalue weighted by Crippen LogP contribution is -2.46. The molecule has 1 saturated heterocycles. The van der Waals surface area contributed by atoms with Crippen LogP contribution < -0.4 is 0 Å². The molecule has 1 N–H and O–H groups in total. The number of hydrogen-bond acceptors (Lipinski definition) is 5. The fourth-order valence-corrected chi connectivity index (χ4v) is 3.85. The van der Waals surface area contributed by atoms with Gasteiger partial charge in [-0.25, -0.2) is 8.42 Å². The number of nitro benzene ring substituents is 1. The van der Waals surface area contributed by atoms with Gasteiger partial charge in [0.1, 0.15) is 0 Å². The normalized spacial score (nSPS) is 23.9. The Morgan fingerprint density at radius 2 is 2.00 bits per heavy atom. The van der Waals surface area contributed by atoms with E-state index >= 15 is 0 Å². The number of non-ortho nitro benzene ring substituents is 1. The van der Waals surface area contributed by atoms with E-state index in [1.165, 1.54) is 28.6 Å². The highest BCUT2D eigenvalue weighted by Gasteiger charge is 2.31. The van der Waals surface area contributed by atoms with Crippen molar-refractivity contribution in [2.75, 3.05) is 13.1 Å². The highest BCUT2D eigenvalue weighted by molar-refractivity contribution is 7.88. The monoisotopic (exact) mass is 314 g/mol. The molecule has 0 aromatic heterocycles. The largest absolute Gasteiger partial charge is 0.391 e. The molecule has 2 rings (SSSR count). The maximum Gasteiger partial charge on any atom is 0.269 e. The third kappa shape index (κ3) is 3.78. The first-order chi connectivity index (χ1) is 9.79. The summed E-state index contributed by atoms with van der Waals surface area (Å²) in [7, 11) is -3.52. The molecule has 1 aliphatic heterocycles. The number of piperidine rings is 1. The number of aliphatic hydroxyl groups excluding tert-OH is 1. The minimum absolute atomic E-state index is 0.0710. The van der Waals surface area contributed by atoms with Crippen LogP contribution in [0.2, 0.25) is 0 Å². The van der Waals surface area contributed by atoms with Gasteiger partial charge in [-0.3, -0.25) is 10.1 Å². The molecule has 0 bridgehead atoms. The Morgan fingerprint density at radius 3 is 2.52 bits per heavy atom. The molecular formula is C13H18N2O5S. The standard InChI is InChI=1S/C13H18N2O5S/c1-10-6-7-14(8-13(10)16)21(19,20)9-11-2-4-12(5-3-11)15(17)18/h2-5,10,13,16H,6-9H2,1H3. The summed E-state index contributed by atoms with van der Waals surface area (Å²) in [6.07, 6.45) is -0.0221. The number of hydrogen-bond donors (Lipinski definition) is 1. The lowest BCUT2D eigenvalue weighted by atomic mass is 9.98. The van der Waals surface area contributed by atoms with Gasteiger partial charge in [0.2, 0.25) is 10.0 Å². The topological polar surface area (TPSA) is 101 Å². The van der Waals surface area contributed by atoms with Gasteiger partial charge in [-0.1, -0.05) is 19.1 Å². The van der Waals surface area contributed by atoms with Crippen LogP contribution in [0.15, 0.2) is 24.3 Å². The fraction of sp³-hybridized carbons (Fsp3) is 0.538. The number of aliphatic hydroxyl groups is 1. The summed E-state index contributed by atoms with van der Waals surface area (Å²) in [5.74, 6) is -0.123. The third-order valence-electron chi connectivity index (χ3n) is 3.77. The molecule has 7 nitrogen and oxygen atoms in total. The molecule has 1 heterocycles. The van der Waals surface area contributed by atoms with E-state index in [-0.39, 0.29) is 23.9 Å². The predicted molar refractivity (Wildman–Crippen MR) is 77.1 cm³/mol. The second-order valence-electron chi connectivity index (χ2n) is 5.37. The Hall–Kier alpha value is -1.51. The summed E-state index contributed by atoms with van der Waals surface area (Å²) in [5.41, 5.74) is 0.423. The maximum absolute atomic E-state index is 12.3. The molecule has 116 valence electrons. The van der Waals surface area contributed by atoms with Crippen molar-refractivity contribution in [1.82, 2.24) is 4.31 Å². The summed E-state index contributed by atoms with van der Waals surface area (Å²) in [5, 5.41) is 20.4. The van der Waals surface area contributed by atoms with Crippen molar-refractivity contribution in [2.45, 2.75) is 25.2 Å². The van der Waals surface area contributed by atoms with Gasteiger partial charge in [-0.05, 0) is 17.9 Å². The van der Waals surface area contributed by atoms with E-state index in [9.17, 15) is 23.6 Å². The lowest BCUT2D eigenvalue weighted by molar-refractivity contribution is -0.384. The molecule has 1 aromatic carbocycles. The molecular weight excluding hydrogens is 296 g/mol. The van der Waals surface area contributed by atoms with Crippen molar-refractivity contribution >= 4 is 15.7 Å². The Morgan fingerprint density at radius 1 is 1.38 bits per heavy atom. The van der Waals surface area contributed by atoms with Crippen molar-refractivity contribution < 1.29 is 18.4 Å². The number of nitrogens with zero attached hydrogens (tertiary/aromatic N) is 2. The lowest BCUT2D eigenvalue weighted by Gasteiger charge is -2.33. The van der Waals surface area contributed by atoms with E-state index in [1.807, 2.05) is 6.92 Å². The maximum atomic E-state index is 12.3. The van der Waals surface area contributed by atoms with E-state index in [0.29, 0.717) is 18.5 Å². The number of β-amino-alcohol motifs (C(OH)–C–C–N with tert-alkyl or cyclic N) is 1. The molecule has 1 aliphatic rings. The van der Waals surface area contributed by atoms with Crippen LogP contribution in [0, 0.1) is 16.0 Å². The van der Waals surface area contributed by atoms with Crippen LogP contribution in [0.25, 0.3) is 0 Å². The predicted octanol–water partition coefficient (Wildman–Crippen LogP) is 1.13. The summed E-state index contributed by atoms with van der Waals surface area (Å²) in [6.45, 7) is 2.40. The van der Waals surface area contributed by atoms with Gasteiger partial charge < -0.3 is 5.11 Å². The van der Waals surface area contributed by atoms with E-state index in [0.717, 1.165) is 0 Å². The molecule has 2 unspecified atom stereocenters. The van der Waals surface area contributed by atoms with Crippen LogP contribution in [0.5, 0.6) is 0 Å². The summed E-state index contributed by atoms with van der Waals surface area (Å²) >= 11 is 0. The van der Waals surface area contributed by atoms with Gasteiger partial charge in [0, 0.05) is 25.2 Å². The second-order valence-corrected chi connectivity index (χ2v) is 7.34. The molecule has 0 radical (unpaired) electrons. The molecule has 8 heteroatoms. The zero-order valence-corrected chi connectivity index (χ0v) is 12.5. The minimum Gasteiger partial charge on any atom is -0.391 e. The molecule has 0 amide bonds. The van der Waals surface area contributed by atoms with Crippen LogP contribution in [0.3, 0.4) is 0 Å². The minimum atomic E-state index is -3.52. The van der Waals surface area contributed by atoms with Crippen LogP contribution in [0.4, 0.5) is 5.69 Å². The SMILES string of the molecule is CC1CCN(S(=O)(=O)Cc2ccc([N+](=O)[O-])cc2)CC1O. The molecule has 1 aromatic rings. The molecule has 0 spiro atoms. The summed E-state index contributed by atoms with van der Waals surface area (Å²) < 4.78 is 25.9. The Labute approximate surface area is 123 Å². The molecule has 0 aliphatic carbocycles. The summed E-state index contributed by atoms with van der Waals surface area (Å²) in [4.78, 5) is 10.0. The van der Waals surface area contributed by atoms with Crippen LogP contribution in [-0.4, -0.2) is 41.9 Å². The Balaban J connectivity index is 2.08. The Kier molecular flexibility index (Phi) is 4.60. The molecule has 2 atom stereocenters. The van der Waals surface area contributed by atoms with Gasteiger partial charge in [-0.15, -0.1) is 0 Å². The first-order valence-corrected chi connectivity index (χ1v) is 8.30. The van der Waals surface area contributed by atoms with Crippen molar-refractivity contribution in [2.24, 2.45) is 5.92 Å². The van der Waals surface area contributed by atoms with E-state index < -0.39 is 21.1 Å². The zero-order valence-electron chi connectivity index (χ0n) is 11.7. The van der Waals surface area contributed by atoms with Gasteiger partial charge >= 0.3 is 0 Å².